The van der Waals surface area contributed by atoms with Crippen molar-refractivity contribution in [2.24, 2.45) is 17.3 Å². The highest BCUT2D eigenvalue weighted by Crippen LogP contribution is 2.78. The molecule has 0 amide bonds. The van der Waals surface area contributed by atoms with E-state index in [2.05, 4.69) is 6.58 Å². The quantitative estimate of drug-likeness (QED) is 0.586. The maximum atomic E-state index is 11.7. The number of carbonyl (C=O) groups excluding carboxylic acids is 2. The van der Waals surface area contributed by atoms with Crippen molar-refractivity contribution in [3.05, 3.63) is 12.7 Å². The van der Waals surface area contributed by atoms with E-state index < -0.39 is 5.60 Å². The summed E-state index contributed by atoms with van der Waals surface area (Å²) in [7, 11) is 0. The van der Waals surface area contributed by atoms with Crippen LogP contribution in [0.2, 0.25) is 0 Å². The van der Waals surface area contributed by atoms with Gasteiger partial charge in [-0.25, -0.2) is 4.79 Å². The summed E-state index contributed by atoms with van der Waals surface area (Å²) in [6.07, 6.45) is 6.94. The van der Waals surface area contributed by atoms with E-state index in [1.807, 2.05) is 0 Å². The predicted molar refractivity (Wildman–Crippen MR) is 70.6 cm³/mol. The maximum absolute atomic E-state index is 11.7. The number of esters is 2. The van der Waals surface area contributed by atoms with Gasteiger partial charge in [-0.1, -0.05) is 6.58 Å². The van der Waals surface area contributed by atoms with Crippen LogP contribution in [0, 0.1) is 17.3 Å². The minimum Gasteiger partial charge on any atom is -0.459 e. The lowest BCUT2D eigenvalue weighted by Gasteiger charge is -2.49. The lowest BCUT2D eigenvalue weighted by Crippen LogP contribution is -2.48. The van der Waals surface area contributed by atoms with Crippen LogP contribution in [0.25, 0.3) is 0 Å². The molecule has 0 aromatic carbocycles. The van der Waals surface area contributed by atoms with Gasteiger partial charge in [0, 0.05) is 19.4 Å². The molecule has 0 aromatic heterocycles. The van der Waals surface area contributed by atoms with Gasteiger partial charge in [-0.2, -0.15) is 0 Å². The lowest BCUT2D eigenvalue weighted by molar-refractivity contribution is -0.178. The number of hydrogen-bond donors (Lipinski definition) is 0. The molecule has 4 nitrogen and oxygen atoms in total. The first-order chi connectivity index (χ1) is 9.41. The molecule has 5 atom stereocenters. The van der Waals surface area contributed by atoms with E-state index in [0.717, 1.165) is 25.7 Å². The van der Waals surface area contributed by atoms with Crippen LogP contribution in [0.5, 0.6) is 0 Å². The standard InChI is InChI=1S/C16H20O4/c1-3-13(18)20-15-6-12-4-11-5-14(7-15,19-10(2)17)8-16(11,12)9-15/h3,11-12H,1,4-9H2,2H3. The van der Waals surface area contributed by atoms with Gasteiger partial charge in [0.25, 0.3) is 0 Å². The van der Waals surface area contributed by atoms with Crippen molar-refractivity contribution in [1.29, 1.82) is 0 Å². The van der Waals surface area contributed by atoms with Gasteiger partial charge in [-0.15, -0.1) is 0 Å². The number of rotatable bonds is 3. The molecule has 0 aromatic rings. The Bertz CT molecular complexity index is 527. The lowest BCUT2D eigenvalue weighted by atomic mass is 9.56. The number of ether oxygens (including phenoxy) is 2. The Balaban J connectivity index is 1.69. The molecule has 4 fully saturated rings. The largest absolute Gasteiger partial charge is 0.459 e. The van der Waals surface area contributed by atoms with E-state index in [1.54, 1.807) is 0 Å². The van der Waals surface area contributed by atoms with Crippen LogP contribution in [-0.2, 0) is 19.1 Å². The predicted octanol–water partition coefficient (Wildman–Crippen LogP) is 2.37. The summed E-state index contributed by atoms with van der Waals surface area (Å²) >= 11 is 0. The summed E-state index contributed by atoms with van der Waals surface area (Å²) in [5.74, 6) is 0.730. The third kappa shape index (κ3) is 1.37. The van der Waals surface area contributed by atoms with E-state index in [0.29, 0.717) is 18.3 Å². The normalized spacial score (nSPS) is 50.2. The van der Waals surface area contributed by atoms with Crippen LogP contribution in [-0.4, -0.2) is 23.1 Å². The second-order valence-corrected chi connectivity index (χ2v) is 7.39. The molecule has 4 aliphatic carbocycles. The van der Waals surface area contributed by atoms with Crippen LogP contribution in [0.15, 0.2) is 12.7 Å². The van der Waals surface area contributed by atoms with Gasteiger partial charge in [-0.3, -0.25) is 4.79 Å². The second-order valence-electron chi connectivity index (χ2n) is 7.39. The fourth-order valence-electron chi connectivity index (χ4n) is 6.08. The maximum Gasteiger partial charge on any atom is 0.330 e. The van der Waals surface area contributed by atoms with Gasteiger partial charge in [0.05, 0.1) is 0 Å². The Labute approximate surface area is 118 Å². The number of fused-ring (bicyclic) bond motifs is 2. The molecule has 5 unspecified atom stereocenters. The summed E-state index contributed by atoms with van der Waals surface area (Å²) in [5, 5.41) is 0. The average molecular weight is 276 g/mol. The molecule has 20 heavy (non-hydrogen) atoms. The molecule has 4 saturated carbocycles. The summed E-state index contributed by atoms with van der Waals surface area (Å²) in [5.41, 5.74) is -0.536. The van der Waals surface area contributed by atoms with Gasteiger partial charge in [0.15, 0.2) is 0 Å². The second kappa shape index (κ2) is 3.46. The Morgan fingerprint density at radius 1 is 1.10 bits per heavy atom. The van der Waals surface area contributed by atoms with Crippen molar-refractivity contribution in [3.63, 3.8) is 0 Å². The van der Waals surface area contributed by atoms with E-state index in [-0.39, 0.29) is 23.0 Å². The third-order valence-electron chi connectivity index (χ3n) is 6.22. The van der Waals surface area contributed by atoms with Crippen molar-refractivity contribution < 1.29 is 19.1 Å². The Morgan fingerprint density at radius 2 is 1.70 bits per heavy atom. The first-order valence-electron chi connectivity index (χ1n) is 7.46. The molecule has 3 bridgehead atoms. The zero-order chi connectivity index (χ0) is 14.2. The Hall–Kier alpha value is -1.32. The highest BCUT2D eigenvalue weighted by molar-refractivity contribution is 5.81. The zero-order valence-electron chi connectivity index (χ0n) is 11.8. The minimum absolute atomic E-state index is 0.217. The zero-order valence-corrected chi connectivity index (χ0v) is 11.8. The molecule has 108 valence electrons. The SMILES string of the molecule is C=CC(=O)OC12CC3CC4CC(OC(C)=O)(C1)CC43C2. The first kappa shape index (κ1) is 12.4. The molecular formula is C16H20O4. The average Bonchev–Trinajstić information content (AvgIpc) is 2.62. The fourth-order valence-corrected chi connectivity index (χ4v) is 6.08. The summed E-state index contributed by atoms with van der Waals surface area (Å²) in [6, 6.07) is 0. The van der Waals surface area contributed by atoms with E-state index in [9.17, 15) is 9.59 Å². The minimum atomic E-state index is -0.422. The van der Waals surface area contributed by atoms with Gasteiger partial charge < -0.3 is 9.47 Å². The van der Waals surface area contributed by atoms with Crippen LogP contribution < -0.4 is 0 Å². The van der Waals surface area contributed by atoms with Crippen molar-refractivity contribution >= 4 is 11.9 Å². The van der Waals surface area contributed by atoms with Crippen LogP contribution in [0.4, 0.5) is 0 Å². The molecule has 0 radical (unpaired) electrons. The molecule has 0 aliphatic heterocycles. The van der Waals surface area contributed by atoms with Gasteiger partial charge in [0.1, 0.15) is 11.2 Å². The monoisotopic (exact) mass is 276 g/mol. The van der Waals surface area contributed by atoms with Crippen LogP contribution in [0.3, 0.4) is 0 Å². The topological polar surface area (TPSA) is 52.6 Å². The fraction of sp³-hybridized carbons (Fsp3) is 0.750. The first-order valence-corrected chi connectivity index (χ1v) is 7.46. The van der Waals surface area contributed by atoms with Gasteiger partial charge in [0.2, 0.25) is 0 Å². The van der Waals surface area contributed by atoms with Crippen molar-refractivity contribution in [3.8, 4) is 0 Å². The molecule has 4 heteroatoms. The van der Waals surface area contributed by atoms with Gasteiger partial charge in [-0.05, 0) is 49.4 Å². The Kier molecular flexibility index (Phi) is 2.15. The molecule has 4 aliphatic rings. The third-order valence-corrected chi connectivity index (χ3v) is 6.22. The molecule has 0 saturated heterocycles. The molecule has 0 heterocycles. The van der Waals surface area contributed by atoms with Crippen LogP contribution in [0.1, 0.15) is 45.4 Å². The number of hydrogen-bond acceptors (Lipinski definition) is 4. The molecule has 0 N–H and O–H groups in total. The summed E-state index contributed by atoms with van der Waals surface area (Å²) in [4.78, 5) is 23.2. The van der Waals surface area contributed by atoms with E-state index in [4.69, 9.17) is 9.47 Å². The number of carbonyl (C=O) groups is 2. The summed E-state index contributed by atoms with van der Waals surface area (Å²) in [6.45, 7) is 4.97. The molecular weight excluding hydrogens is 256 g/mol. The molecule has 4 rings (SSSR count). The van der Waals surface area contributed by atoms with E-state index >= 15 is 0 Å². The highest BCUT2D eigenvalue weighted by Gasteiger charge is 2.77. The highest BCUT2D eigenvalue weighted by atomic mass is 16.6. The molecule has 1 spiro atoms. The summed E-state index contributed by atoms with van der Waals surface area (Å²) < 4.78 is 11.5. The smallest absolute Gasteiger partial charge is 0.330 e. The van der Waals surface area contributed by atoms with Crippen molar-refractivity contribution in [2.75, 3.05) is 0 Å². The Morgan fingerprint density at radius 3 is 2.25 bits per heavy atom. The van der Waals surface area contributed by atoms with Crippen molar-refractivity contribution in [2.45, 2.75) is 56.7 Å². The van der Waals surface area contributed by atoms with E-state index in [1.165, 1.54) is 19.4 Å². The van der Waals surface area contributed by atoms with Crippen LogP contribution >= 0.6 is 0 Å². The van der Waals surface area contributed by atoms with Crippen molar-refractivity contribution in [1.82, 2.24) is 0 Å². The van der Waals surface area contributed by atoms with Gasteiger partial charge >= 0.3 is 11.9 Å².